The molecule has 5 nitrogen and oxygen atoms in total. The average molecular weight is 245 g/mol. The van der Waals surface area contributed by atoms with Crippen LogP contribution < -0.4 is 15.2 Å². The van der Waals surface area contributed by atoms with E-state index in [0.29, 0.717) is 24.1 Å². The number of hydrogen-bond acceptors (Lipinski definition) is 5. The van der Waals surface area contributed by atoms with E-state index in [-0.39, 0.29) is 0 Å². The highest BCUT2D eigenvalue weighted by molar-refractivity contribution is 5.33. The van der Waals surface area contributed by atoms with Gasteiger partial charge in [-0.25, -0.2) is 4.98 Å². The number of ether oxygens (including phenoxy) is 2. The van der Waals surface area contributed by atoms with Crippen LogP contribution in [0.5, 0.6) is 11.6 Å². The zero-order chi connectivity index (χ0) is 13.0. The topological polar surface area (TPSA) is 70.3 Å². The predicted octanol–water partition coefficient (Wildman–Crippen LogP) is 1.95. The van der Waals surface area contributed by atoms with E-state index in [4.69, 9.17) is 15.2 Å². The van der Waals surface area contributed by atoms with Crippen molar-refractivity contribution < 1.29 is 9.47 Å². The largest absolute Gasteiger partial charge is 0.497 e. The molecule has 1 aromatic carbocycles. The van der Waals surface area contributed by atoms with Crippen LogP contribution >= 0.6 is 0 Å². The van der Waals surface area contributed by atoms with E-state index in [2.05, 4.69) is 9.97 Å². The van der Waals surface area contributed by atoms with Crippen molar-refractivity contribution in [2.45, 2.75) is 13.5 Å². The number of nitrogens with zero attached hydrogens (tertiary/aromatic N) is 2. The van der Waals surface area contributed by atoms with Crippen molar-refractivity contribution in [1.82, 2.24) is 9.97 Å². The van der Waals surface area contributed by atoms with E-state index in [1.54, 1.807) is 20.1 Å². The average Bonchev–Trinajstić information content (AvgIpc) is 2.36. The molecule has 2 N–H and O–H groups in total. The summed E-state index contributed by atoms with van der Waals surface area (Å²) in [6.45, 7) is 2.20. The molecule has 0 bridgehead atoms. The minimum absolute atomic E-state index is 0.409. The number of aryl methyl sites for hydroxylation is 1. The van der Waals surface area contributed by atoms with Crippen LogP contribution in [0.25, 0.3) is 0 Å². The van der Waals surface area contributed by atoms with Gasteiger partial charge in [0, 0.05) is 6.07 Å². The smallest absolute Gasteiger partial charge is 0.219 e. The zero-order valence-corrected chi connectivity index (χ0v) is 10.4. The molecule has 5 heteroatoms. The van der Waals surface area contributed by atoms with Gasteiger partial charge >= 0.3 is 0 Å². The summed E-state index contributed by atoms with van der Waals surface area (Å²) in [5.41, 5.74) is 6.65. The van der Waals surface area contributed by atoms with Crippen molar-refractivity contribution in [3.63, 3.8) is 0 Å². The summed E-state index contributed by atoms with van der Waals surface area (Å²) in [5.74, 6) is 2.31. The van der Waals surface area contributed by atoms with E-state index in [9.17, 15) is 0 Å². The van der Waals surface area contributed by atoms with Crippen molar-refractivity contribution >= 4 is 5.82 Å². The molecule has 0 aliphatic rings. The Kier molecular flexibility index (Phi) is 3.62. The number of aromatic nitrogens is 2. The van der Waals surface area contributed by atoms with Crippen LogP contribution in [0.2, 0.25) is 0 Å². The van der Waals surface area contributed by atoms with E-state index < -0.39 is 0 Å². The van der Waals surface area contributed by atoms with Crippen molar-refractivity contribution in [3.8, 4) is 11.6 Å². The highest BCUT2D eigenvalue weighted by atomic mass is 16.5. The summed E-state index contributed by atoms with van der Waals surface area (Å²) in [6, 6.07) is 9.26. The number of rotatable bonds is 4. The third kappa shape index (κ3) is 3.10. The number of hydrogen-bond donors (Lipinski definition) is 1. The SMILES string of the molecule is COc1ccc(COc2cc(N)nc(C)n2)cc1. The first-order chi connectivity index (χ1) is 8.67. The number of methoxy groups -OCH3 is 1. The maximum Gasteiger partial charge on any atom is 0.219 e. The Hall–Kier alpha value is -2.30. The monoisotopic (exact) mass is 245 g/mol. The Morgan fingerprint density at radius 3 is 2.50 bits per heavy atom. The lowest BCUT2D eigenvalue weighted by atomic mass is 10.2. The van der Waals surface area contributed by atoms with Crippen molar-refractivity contribution in [2.24, 2.45) is 0 Å². The van der Waals surface area contributed by atoms with Crippen LogP contribution in [0.1, 0.15) is 11.4 Å². The van der Waals surface area contributed by atoms with Gasteiger partial charge in [-0.05, 0) is 24.6 Å². The first kappa shape index (κ1) is 12.2. The normalized spacial score (nSPS) is 10.1. The Balaban J connectivity index is 2.01. The summed E-state index contributed by atoms with van der Waals surface area (Å²) in [5, 5.41) is 0. The zero-order valence-electron chi connectivity index (χ0n) is 10.4. The van der Waals surface area contributed by atoms with E-state index in [1.807, 2.05) is 24.3 Å². The number of anilines is 1. The van der Waals surface area contributed by atoms with E-state index >= 15 is 0 Å². The van der Waals surface area contributed by atoms with Crippen LogP contribution in [0.15, 0.2) is 30.3 Å². The lowest BCUT2D eigenvalue weighted by molar-refractivity contribution is 0.292. The molecule has 0 aliphatic heterocycles. The molecule has 0 saturated heterocycles. The van der Waals surface area contributed by atoms with Crippen molar-refractivity contribution in [1.29, 1.82) is 0 Å². The Morgan fingerprint density at radius 1 is 1.17 bits per heavy atom. The molecule has 0 aliphatic carbocycles. The van der Waals surface area contributed by atoms with Crippen LogP contribution in [0.3, 0.4) is 0 Å². The van der Waals surface area contributed by atoms with E-state index in [1.165, 1.54) is 0 Å². The third-order valence-electron chi connectivity index (χ3n) is 2.38. The fourth-order valence-corrected chi connectivity index (χ4v) is 1.52. The minimum Gasteiger partial charge on any atom is -0.497 e. The van der Waals surface area contributed by atoms with Gasteiger partial charge in [-0.3, -0.25) is 0 Å². The van der Waals surface area contributed by atoms with Crippen LogP contribution in [-0.4, -0.2) is 17.1 Å². The molecule has 0 unspecified atom stereocenters. The molecule has 2 aromatic rings. The van der Waals surface area contributed by atoms with Gasteiger partial charge in [0.05, 0.1) is 7.11 Å². The summed E-state index contributed by atoms with van der Waals surface area (Å²) in [6.07, 6.45) is 0. The van der Waals surface area contributed by atoms with Gasteiger partial charge in [-0.1, -0.05) is 12.1 Å². The summed E-state index contributed by atoms with van der Waals surface area (Å²) >= 11 is 0. The molecule has 0 saturated carbocycles. The number of nitrogen functional groups attached to an aromatic ring is 1. The fourth-order valence-electron chi connectivity index (χ4n) is 1.52. The molecular formula is C13H15N3O2. The van der Waals surface area contributed by atoms with Gasteiger partial charge in [0.15, 0.2) is 0 Å². The molecule has 0 fully saturated rings. The lowest BCUT2D eigenvalue weighted by Gasteiger charge is -2.07. The first-order valence-corrected chi connectivity index (χ1v) is 5.54. The summed E-state index contributed by atoms with van der Waals surface area (Å²) < 4.78 is 10.6. The Morgan fingerprint density at radius 2 is 1.89 bits per heavy atom. The molecule has 18 heavy (non-hydrogen) atoms. The molecule has 0 amide bonds. The highest BCUT2D eigenvalue weighted by Crippen LogP contribution is 2.15. The second kappa shape index (κ2) is 5.35. The molecule has 0 spiro atoms. The Labute approximate surface area is 106 Å². The standard InChI is InChI=1S/C13H15N3O2/c1-9-15-12(14)7-13(16-9)18-8-10-3-5-11(17-2)6-4-10/h3-7H,8H2,1-2H3,(H2,14,15,16). The van der Waals surface area contributed by atoms with Gasteiger partial charge in [0.1, 0.15) is 24.0 Å². The Bertz CT molecular complexity index is 506. The molecule has 1 heterocycles. The van der Waals surface area contributed by atoms with Gasteiger partial charge in [-0.2, -0.15) is 4.98 Å². The fraction of sp³-hybridized carbons (Fsp3) is 0.231. The van der Waals surface area contributed by atoms with Crippen LogP contribution in [-0.2, 0) is 6.61 Å². The highest BCUT2D eigenvalue weighted by Gasteiger charge is 2.01. The second-order valence-electron chi connectivity index (χ2n) is 3.82. The minimum atomic E-state index is 0.409. The maximum atomic E-state index is 5.62. The predicted molar refractivity (Wildman–Crippen MR) is 68.5 cm³/mol. The van der Waals surface area contributed by atoms with Crippen LogP contribution in [0, 0.1) is 6.92 Å². The molecule has 0 radical (unpaired) electrons. The molecular weight excluding hydrogens is 230 g/mol. The quantitative estimate of drug-likeness (QED) is 0.891. The molecule has 2 rings (SSSR count). The molecule has 0 atom stereocenters. The first-order valence-electron chi connectivity index (χ1n) is 5.54. The van der Waals surface area contributed by atoms with Gasteiger partial charge in [0.2, 0.25) is 5.88 Å². The van der Waals surface area contributed by atoms with E-state index in [0.717, 1.165) is 11.3 Å². The maximum absolute atomic E-state index is 5.62. The van der Waals surface area contributed by atoms with Crippen LogP contribution in [0.4, 0.5) is 5.82 Å². The number of nitrogens with two attached hydrogens (primary N) is 1. The molecule has 1 aromatic heterocycles. The summed E-state index contributed by atoms with van der Waals surface area (Å²) in [7, 11) is 1.64. The van der Waals surface area contributed by atoms with Gasteiger partial charge < -0.3 is 15.2 Å². The van der Waals surface area contributed by atoms with Gasteiger partial charge in [-0.15, -0.1) is 0 Å². The second-order valence-corrected chi connectivity index (χ2v) is 3.82. The van der Waals surface area contributed by atoms with Crippen molar-refractivity contribution in [2.75, 3.05) is 12.8 Å². The summed E-state index contributed by atoms with van der Waals surface area (Å²) in [4.78, 5) is 8.13. The molecule has 94 valence electrons. The third-order valence-corrected chi connectivity index (χ3v) is 2.38. The lowest BCUT2D eigenvalue weighted by Crippen LogP contribution is -2.01. The number of benzene rings is 1. The van der Waals surface area contributed by atoms with Crippen molar-refractivity contribution in [3.05, 3.63) is 41.7 Å². The van der Waals surface area contributed by atoms with Gasteiger partial charge in [0.25, 0.3) is 0 Å².